The number of hydrogen-bond acceptors (Lipinski definition) is 2. The molecule has 4 aliphatic carbocycles. The standard InChI is InChI=1S/C18H24BrNO.ClH/c1-21-17-3-2-16(19)7-15(17)11-20-18-8-12-4-13(9-18)6-14(5-12)10-18;/h2-3,7,12-14,20H,4-6,8-11H2,1H3;1H. The predicted octanol–water partition coefficient (Wildman–Crippen LogP) is 4.94. The van der Waals surface area contributed by atoms with E-state index in [1.807, 2.05) is 6.07 Å². The highest BCUT2D eigenvalue weighted by Gasteiger charge is 2.50. The first-order valence-corrected chi connectivity index (χ1v) is 9.02. The van der Waals surface area contributed by atoms with E-state index < -0.39 is 0 Å². The molecule has 5 rings (SSSR count). The third-order valence-electron chi connectivity index (χ3n) is 5.93. The van der Waals surface area contributed by atoms with Crippen LogP contribution in [0.25, 0.3) is 0 Å². The first-order valence-electron chi connectivity index (χ1n) is 8.23. The molecule has 1 aromatic carbocycles. The largest absolute Gasteiger partial charge is 0.496 e. The van der Waals surface area contributed by atoms with Crippen LogP contribution >= 0.6 is 28.3 Å². The molecule has 4 aliphatic rings. The summed E-state index contributed by atoms with van der Waals surface area (Å²) in [5.41, 5.74) is 1.69. The van der Waals surface area contributed by atoms with Gasteiger partial charge in [-0.15, -0.1) is 12.4 Å². The van der Waals surface area contributed by atoms with Gasteiger partial charge in [0.15, 0.2) is 0 Å². The molecule has 0 atom stereocenters. The molecule has 0 radical (unpaired) electrons. The number of hydrogen-bond donors (Lipinski definition) is 1. The molecule has 0 aromatic heterocycles. The van der Waals surface area contributed by atoms with E-state index in [1.54, 1.807) is 7.11 Å². The van der Waals surface area contributed by atoms with Gasteiger partial charge in [0.25, 0.3) is 0 Å². The smallest absolute Gasteiger partial charge is 0.123 e. The molecule has 0 aliphatic heterocycles. The summed E-state index contributed by atoms with van der Waals surface area (Å²) >= 11 is 3.58. The van der Waals surface area contributed by atoms with Gasteiger partial charge in [0.05, 0.1) is 7.11 Å². The lowest BCUT2D eigenvalue weighted by atomic mass is 9.53. The lowest BCUT2D eigenvalue weighted by Crippen LogP contribution is -2.58. The normalized spacial score (nSPS) is 35.3. The van der Waals surface area contributed by atoms with Crippen LogP contribution in [-0.4, -0.2) is 12.6 Å². The minimum absolute atomic E-state index is 0. The van der Waals surface area contributed by atoms with Crippen molar-refractivity contribution in [3.63, 3.8) is 0 Å². The number of benzene rings is 1. The van der Waals surface area contributed by atoms with Crippen LogP contribution in [-0.2, 0) is 6.54 Å². The second-order valence-corrected chi connectivity index (χ2v) is 8.42. The molecule has 1 N–H and O–H groups in total. The second-order valence-electron chi connectivity index (χ2n) is 7.51. The van der Waals surface area contributed by atoms with Gasteiger partial charge in [-0.2, -0.15) is 0 Å². The zero-order chi connectivity index (χ0) is 14.4. The molecule has 0 amide bonds. The van der Waals surface area contributed by atoms with Crippen molar-refractivity contribution in [3.05, 3.63) is 28.2 Å². The first-order chi connectivity index (χ1) is 10.2. The lowest BCUT2D eigenvalue weighted by Gasteiger charge is -2.57. The third-order valence-corrected chi connectivity index (χ3v) is 6.43. The van der Waals surface area contributed by atoms with E-state index in [2.05, 4.69) is 33.4 Å². The van der Waals surface area contributed by atoms with Crippen LogP contribution < -0.4 is 10.1 Å². The van der Waals surface area contributed by atoms with Crippen LogP contribution in [0.4, 0.5) is 0 Å². The molecule has 0 saturated heterocycles. The molecule has 0 heterocycles. The van der Waals surface area contributed by atoms with Crippen LogP contribution in [0.1, 0.15) is 44.1 Å². The van der Waals surface area contributed by atoms with Crippen LogP contribution in [0.15, 0.2) is 22.7 Å². The van der Waals surface area contributed by atoms with Gasteiger partial charge in [-0.25, -0.2) is 0 Å². The van der Waals surface area contributed by atoms with Crippen molar-refractivity contribution in [2.24, 2.45) is 17.8 Å². The maximum absolute atomic E-state index is 5.51. The summed E-state index contributed by atoms with van der Waals surface area (Å²) in [5.74, 6) is 3.98. The van der Waals surface area contributed by atoms with Gasteiger partial charge >= 0.3 is 0 Å². The highest BCUT2D eigenvalue weighted by molar-refractivity contribution is 9.10. The zero-order valence-corrected chi connectivity index (χ0v) is 15.5. The molecule has 4 bridgehead atoms. The molecule has 4 fully saturated rings. The van der Waals surface area contributed by atoms with E-state index in [4.69, 9.17) is 4.74 Å². The van der Waals surface area contributed by atoms with E-state index in [0.29, 0.717) is 5.54 Å². The number of rotatable bonds is 4. The van der Waals surface area contributed by atoms with Crippen LogP contribution in [0.5, 0.6) is 5.75 Å². The zero-order valence-electron chi connectivity index (χ0n) is 13.1. The maximum Gasteiger partial charge on any atom is 0.123 e. The number of halogens is 2. The summed E-state index contributed by atoms with van der Waals surface area (Å²) in [6.07, 6.45) is 8.70. The van der Waals surface area contributed by atoms with Gasteiger partial charge in [0.1, 0.15) is 5.75 Å². The van der Waals surface area contributed by atoms with Gasteiger partial charge in [-0.3, -0.25) is 0 Å². The predicted molar refractivity (Wildman–Crippen MR) is 95.7 cm³/mol. The van der Waals surface area contributed by atoms with Crippen LogP contribution in [0.2, 0.25) is 0 Å². The summed E-state index contributed by atoms with van der Waals surface area (Å²) in [6.45, 7) is 0.925. The fourth-order valence-corrected chi connectivity index (χ4v) is 5.90. The van der Waals surface area contributed by atoms with Crippen LogP contribution in [0.3, 0.4) is 0 Å². The van der Waals surface area contributed by atoms with Crippen molar-refractivity contribution < 1.29 is 4.74 Å². The Morgan fingerprint density at radius 1 is 1.14 bits per heavy atom. The van der Waals surface area contributed by atoms with Gasteiger partial charge < -0.3 is 10.1 Å². The maximum atomic E-state index is 5.51. The van der Waals surface area contributed by atoms with Gasteiger partial charge in [-0.05, 0) is 74.5 Å². The molecule has 22 heavy (non-hydrogen) atoms. The van der Waals surface area contributed by atoms with Crippen molar-refractivity contribution in [1.82, 2.24) is 5.32 Å². The van der Waals surface area contributed by atoms with E-state index in [9.17, 15) is 0 Å². The molecule has 1 aromatic rings. The Balaban J connectivity index is 0.00000144. The number of nitrogens with one attached hydrogen (secondary N) is 1. The molecule has 4 heteroatoms. The lowest BCUT2D eigenvalue weighted by molar-refractivity contribution is -0.0206. The van der Waals surface area contributed by atoms with Gasteiger partial charge in [0, 0.05) is 22.1 Å². The van der Waals surface area contributed by atoms with E-state index in [-0.39, 0.29) is 12.4 Å². The highest BCUT2D eigenvalue weighted by atomic mass is 79.9. The summed E-state index contributed by atoms with van der Waals surface area (Å²) < 4.78 is 6.64. The average molecular weight is 387 g/mol. The highest BCUT2D eigenvalue weighted by Crippen LogP contribution is 2.55. The summed E-state index contributed by atoms with van der Waals surface area (Å²) in [6, 6.07) is 6.29. The number of ether oxygens (including phenoxy) is 1. The van der Waals surface area contributed by atoms with Crippen molar-refractivity contribution in [1.29, 1.82) is 0 Å². The molecular weight excluding hydrogens is 362 g/mol. The average Bonchev–Trinajstić information content (AvgIpc) is 2.44. The summed E-state index contributed by atoms with van der Waals surface area (Å²) in [4.78, 5) is 0. The molecule has 2 nitrogen and oxygen atoms in total. The van der Waals surface area contributed by atoms with Gasteiger partial charge in [0.2, 0.25) is 0 Å². The fourth-order valence-electron chi connectivity index (χ4n) is 5.50. The topological polar surface area (TPSA) is 21.3 Å². The molecule has 122 valence electrons. The van der Waals surface area contributed by atoms with Crippen molar-refractivity contribution >= 4 is 28.3 Å². The Bertz CT molecular complexity index is 513. The fraction of sp³-hybridized carbons (Fsp3) is 0.667. The summed E-state index contributed by atoms with van der Waals surface area (Å²) in [5, 5.41) is 3.94. The van der Waals surface area contributed by atoms with Crippen LogP contribution in [0, 0.1) is 17.8 Å². The Morgan fingerprint density at radius 3 is 2.27 bits per heavy atom. The Hall–Kier alpha value is -0.250. The van der Waals surface area contributed by atoms with Crippen molar-refractivity contribution in [2.45, 2.75) is 50.6 Å². The van der Waals surface area contributed by atoms with E-state index in [1.165, 1.54) is 44.1 Å². The Labute approximate surface area is 147 Å². The van der Waals surface area contributed by atoms with E-state index >= 15 is 0 Å². The van der Waals surface area contributed by atoms with Gasteiger partial charge in [-0.1, -0.05) is 15.9 Å². The van der Waals surface area contributed by atoms with Crippen molar-refractivity contribution in [3.8, 4) is 5.75 Å². The molecule has 4 saturated carbocycles. The molecule has 0 spiro atoms. The van der Waals surface area contributed by atoms with E-state index in [0.717, 1.165) is 34.5 Å². The minimum atomic E-state index is 0. The number of methoxy groups -OCH3 is 1. The quantitative estimate of drug-likeness (QED) is 0.791. The second kappa shape index (κ2) is 6.33. The molecule has 0 unspecified atom stereocenters. The first kappa shape index (κ1) is 16.6. The Morgan fingerprint density at radius 2 is 1.73 bits per heavy atom. The SMILES string of the molecule is COc1ccc(Br)cc1CNC12CC3CC(CC(C3)C1)C2.Cl. The monoisotopic (exact) mass is 385 g/mol. The third kappa shape index (κ3) is 3.05. The Kier molecular flexibility index (Phi) is 4.78. The van der Waals surface area contributed by atoms with Crippen molar-refractivity contribution in [2.75, 3.05) is 7.11 Å². The summed E-state index contributed by atoms with van der Waals surface area (Å²) in [7, 11) is 1.76. The minimum Gasteiger partial charge on any atom is -0.496 e. The molecular formula is C18H25BrClNO.